The number of nitrogens with one attached hydrogen (secondary N) is 1. The fourth-order valence-corrected chi connectivity index (χ4v) is 2.13. The van der Waals surface area contributed by atoms with Gasteiger partial charge in [-0.15, -0.1) is 0 Å². The minimum atomic E-state index is -0.892. The second kappa shape index (κ2) is 4.46. The number of rotatable bonds is 3. The number of benzene rings is 1. The third-order valence-corrected chi connectivity index (χ3v) is 2.80. The van der Waals surface area contributed by atoms with E-state index in [1.807, 2.05) is 24.4 Å². The second-order valence-corrected chi connectivity index (χ2v) is 5.22. The van der Waals surface area contributed by atoms with Crippen LogP contribution in [-0.2, 0) is 0 Å². The molecular weight excluding hydrogens is 228 g/mol. The Morgan fingerprint density at radius 1 is 1.39 bits per heavy atom. The number of amides is 1. The van der Waals surface area contributed by atoms with Crippen LogP contribution in [0.5, 0.6) is 0 Å². The highest BCUT2D eigenvalue weighted by Crippen LogP contribution is 2.19. The first-order chi connectivity index (χ1) is 8.38. The summed E-state index contributed by atoms with van der Waals surface area (Å²) in [6.45, 7) is 3.67. The van der Waals surface area contributed by atoms with E-state index in [1.165, 1.54) is 0 Å². The molecule has 18 heavy (non-hydrogen) atoms. The minimum Gasteiger partial charge on any atom is -0.389 e. The number of hydrogen-bond acceptors (Lipinski definition) is 2. The van der Waals surface area contributed by atoms with Gasteiger partial charge in [-0.1, -0.05) is 6.07 Å². The second-order valence-electron chi connectivity index (χ2n) is 5.22. The molecule has 1 amide bonds. The zero-order chi connectivity index (χ0) is 13.3. The van der Waals surface area contributed by atoms with Gasteiger partial charge in [-0.3, -0.25) is 4.79 Å². The molecule has 0 spiro atoms. The molecule has 4 heteroatoms. The van der Waals surface area contributed by atoms with Crippen LogP contribution in [0.2, 0.25) is 0 Å². The molecule has 0 saturated heterocycles. The van der Waals surface area contributed by atoms with E-state index in [4.69, 9.17) is 0 Å². The molecule has 0 aliphatic rings. The van der Waals surface area contributed by atoms with Gasteiger partial charge in [-0.25, -0.2) is 0 Å². The van der Waals surface area contributed by atoms with E-state index in [0.29, 0.717) is 12.1 Å². The molecule has 0 aliphatic carbocycles. The Labute approximate surface area is 106 Å². The summed E-state index contributed by atoms with van der Waals surface area (Å²) in [5, 5.41) is 10.7. The molecular formula is C14H18N2O2. The summed E-state index contributed by atoms with van der Waals surface area (Å²) in [5.74, 6) is -0.0812. The fourth-order valence-electron chi connectivity index (χ4n) is 2.13. The molecule has 0 saturated carbocycles. The van der Waals surface area contributed by atoms with E-state index in [1.54, 1.807) is 31.9 Å². The quantitative estimate of drug-likeness (QED) is 0.870. The average Bonchev–Trinajstić information content (AvgIpc) is 2.73. The predicted molar refractivity (Wildman–Crippen MR) is 71.6 cm³/mol. The van der Waals surface area contributed by atoms with Crippen molar-refractivity contribution in [3.63, 3.8) is 0 Å². The largest absolute Gasteiger partial charge is 0.389 e. The standard InChI is InChI=1S/C14H18N2O2/c1-14(2,18)9-16(3)13(17)11-5-4-6-12-10(11)7-8-15-12/h4-8,15,18H,9H2,1-3H3. The molecule has 4 nitrogen and oxygen atoms in total. The molecule has 0 aliphatic heterocycles. The lowest BCUT2D eigenvalue weighted by molar-refractivity contribution is 0.0369. The minimum absolute atomic E-state index is 0.0812. The Bertz CT molecular complexity index is 566. The first kappa shape index (κ1) is 12.6. The molecule has 0 radical (unpaired) electrons. The molecule has 96 valence electrons. The fraction of sp³-hybridized carbons (Fsp3) is 0.357. The lowest BCUT2D eigenvalue weighted by Crippen LogP contribution is -2.39. The van der Waals surface area contributed by atoms with Gasteiger partial charge in [-0.05, 0) is 32.0 Å². The number of nitrogens with zero attached hydrogens (tertiary/aromatic N) is 1. The number of carbonyl (C=O) groups excluding carboxylic acids is 1. The number of fused-ring (bicyclic) bond motifs is 1. The summed E-state index contributed by atoms with van der Waals surface area (Å²) in [6, 6.07) is 7.48. The molecule has 1 aromatic heterocycles. The van der Waals surface area contributed by atoms with E-state index < -0.39 is 5.60 Å². The van der Waals surface area contributed by atoms with Crippen molar-refractivity contribution >= 4 is 16.8 Å². The van der Waals surface area contributed by atoms with Crippen molar-refractivity contribution in [3.05, 3.63) is 36.0 Å². The van der Waals surface area contributed by atoms with E-state index in [9.17, 15) is 9.90 Å². The normalized spacial score (nSPS) is 11.8. The third kappa shape index (κ3) is 2.54. The predicted octanol–water partition coefficient (Wildman–Crippen LogP) is 2.01. The molecule has 1 heterocycles. The summed E-state index contributed by atoms with van der Waals surface area (Å²) in [5.41, 5.74) is 0.703. The van der Waals surface area contributed by atoms with Gasteiger partial charge in [0.05, 0.1) is 5.60 Å². The first-order valence-corrected chi connectivity index (χ1v) is 5.92. The molecule has 0 fully saturated rings. The van der Waals surface area contributed by atoms with E-state index in [-0.39, 0.29) is 5.91 Å². The summed E-state index contributed by atoms with van der Waals surface area (Å²) < 4.78 is 0. The van der Waals surface area contributed by atoms with Crippen LogP contribution in [0.4, 0.5) is 0 Å². The Hall–Kier alpha value is -1.81. The van der Waals surface area contributed by atoms with Gasteiger partial charge in [0.2, 0.25) is 0 Å². The Balaban J connectivity index is 2.31. The molecule has 2 aromatic rings. The highest BCUT2D eigenvalue weighted by molar-refractivity contribution is 6.06. The van der Waals surface area contributed by atoms with Crippen molar-refractivity contribution in [3.8, 4) is 0 Å². The van der Waals surface area contributed by atoms with Crippen molar-refractivity contribution in [2.45, 2.75) is 19.4 Å². The number of likely N-dealkylation sites (N-methyl/N-ethyl adjacent to an activating group) is 1. The Morgan fingerprint density at radius 3 is 2.78 bits per heavy atom. The zero-order valence-electron chi connectivity index (χ0n) is 10.9. The molecule has 0 bridgehead atoms. The van der Waals surface area contributed by atoms with Gasteiger partial charge in [0.1, 0.15) is 0 Å². The number of hydrogen-bond donors (Lipinski definition) is 2. The Kier molecular flexibility index (Phi) is 3.13. The average molecular weight is 246 g/mol. The number of H-pyrrole nitrogens is 1. The number of aliphatic hydroxyl groups is 1. The lowest BCUT2D eigenvalue weighted by atomic mass is 10.1. The lowest BCUT2D eigenvalue weighted by Gasteiger charge is -2.25. The van der Waals surface area contributed by atoms with E-state index in [0.717, 1.165) is 10.9 Å². The SMILES string of the molecule is CN(CC(C)(C)O)C(=O)c1cccc2[nH]ccc12. The monoisotopic (exact) mass is 246 g/mol. The van der Waals surface area contributed by atoms with Gasteiger partial charge in [-0.2, -0.15) is 0 Å². The maximum Gasteiger partial charge on any atom is 0.254 e. The molecule has 0 unspecified atom stereocenters. The molecule has 2 rings (SSSR count). The van der Waals surface area contributed by atoms with Gasteiger partial charge in [0.25, 0.3) is 5.91 Å². The highest BCUT2D eigenvalue weighted by atomic mass is 16.3. The third-order valence-electron chi connectivity index (χ3n) is 2.80. The van der Waals surface area contributed by atoms with Crippen molar-refractivity contribution < 1.29 is 9.90 Å². The van der Waals surface area contributed by atoms with Crippen molar-refractivity contribution in [2.24, 2.45) is 0 Å². The number of aromatic amines is 1. The van der Waals surface area contributed by atoms with Gasteiger partial charge in [0.15, 0.2) is 0 Å². The molecule has 2 N–H and O–H groups in total. The maximum absolute atomic E-state index is 12.3. The van der Waals surface area contributed by atoms with Gasteiger partial charge < -0.3 is 15.0 Å². The summed E-state index contributed by atoms with van der Waals surface area (Å²) in [6.07, 6.45) is 1.82. The van der Waals surface area contributed by atoms with Crippen molar-refractivity contribution in [1.29, 1.82) is 0 Å². The van der Waals surface area contributed by atoms with Gasteiger partial charge in [0, 0.05) is 36.3 Å². The number of aromatic nitrogens is 1. The first-order valence-electron chi connectivity index (χ1n) is 5.92. The zero-order valence-corrected chi connectivity index (χ0v) is 10.9. The molecule has 1 aromatic carbocycles. The van der Waals surface area contributed by atoms with Crippen LogP contribution in [0.3, 0.4) is 0 Å². The topological polar surface area (TPSA) is 56.3 Å². The van der Waals surface area contributed by atoms with Crippen LogP contribution in [0.15, 0.2) is 30.5 Å². The van der Waals surface area contributed by atoms with Crippen LogP contribution in [-0.4, -0.2) is 40.1 Å². The summed E-state index contributed by atoms with van der Waals surface area (Å²) in [4.78, 5) is 17.0. The van der Waals surface area contributed by atoms with Crippen LogP contribution >= 0.6 is 0 Å². The smallest absolute Gasteiger partial charge is 0.254 e. The van der Waals surface area contributed by atoms with Gasteiger partial charge >= 0.3 is 0 Å². The summed E-state index contributed by atoms with van der Waals surface area (Å²) >= 11 is 0. The van der Waals surface area contributed by atoms with Crippen LogP contribution in [0.25, 0.3) is 10.9 Å². The van der Waals surface area contributed by atoms with Crippen LogP contribution in [0, 0.1) is 0 Å². The summed E-state index contributed by atoms with van der Waals surface area (Å²) in [7, 11) is 1.70. The number of carbonyl (C=O) groups is 1. The molecule has 0 atom stereocenters. The van der Waals surface area contributed by atoms with Crippen molar-refractivity contribution in [1.82, 2.24) is 9.88 Å². The van der Waals surface area contributed by atoms with Crippen molar-refractivity contribution in [2.75, 3.05) is 13.6 Å². The van der Waals surface area contributed by atoms with Crippen LogP contribution < -0.4 is 0 Å². The Morgan fingerprint density at radius 2 is 2.11 bits per heavy atom. The van der Waals surface area contributed by atoms with Crippen LogP contribution in [0.1, 0.15) is 24.2 Å². The maximum atomic E-state index is 12.3. The highest BCUT2D eigenvalue weighted by Gasteiger charge is 2.21. The van der Waals surface area contributed by atoms with E-state index in [2.05, 4.69) is 4.98 Å². The van der Waals surface area contributed by atoms with E-state index >= 15 is 0 Å².